The second kappa shape index (κ2) is 30.9. The zero-order valence-electron chi connectivity index (χ0n) is 80.2. The number of aryl methyl sites for hydroxylation is 18. The highest BCUT2D eigenvalue weighted by molar-refractivity contribution is 6.04. The Hall–Kier alpha value is -11.7. The highest BCUT2D eigenvalue weighted by atomic mass is 14.9. The summed E-state index contributed by atoms with van der Waals surface area (Å²) < 4.78 is 9.06. The highest BCUT2D eigenvalue weighted by Gasteiger charge is 2.51. The van der Waals surface area contributed by atoms with Crippen molar-refractivity contribution in [2.24, 2.45) is 28.2 Å². The van der Waals surface area contributed by atoms with Crippen LogP contribution in [0.4, 0.5) is 0 Å². The van der Waals surface area contributed by atoms with Crippen LogP contribution < -0.4 is 18.3 Å². The Morgan fingerprint density at radius 2 is 0.624 bits per heavy atom. The van der Waals surface area contributed by atoms with Crippen LogP contribution in [-0.4, -0.2) is 0 Å². The number of hydrogen-bond acceptors (Lipinski definition) is 0. The van der Waals surface area contributed by atoms with Gasteiger partial charge in [-0.3, -0.25) is 0 Å². The number of rotatable bonds is 4. The monoisotopic (exact) mass is 1640 g/mol. The molecule has 0 unspecified atom stereocenters. The third kappa shape index (κ3) is 13.8. The topological polar surface area (TPSA) is 15.5 Å². The van der Waals surface area contributed by atoms with Crippen LogP contribution >= 0.6 is 0 Å². The lowest BCUT2D eigenvalue weighted by molar-refractivity contribution is -0.660. The van der Waals surface area contributed by atoms with Gasteiger partial charge in [0.05, 0.1) is 11.1 Å². The highest BCUT2D eigenvalue weighted by Crippen LogP contribution is 2.61. The Kier molecular flexibility index (Phi) is 21.1. The second-order valence-corrected chi connectivity index (χ2v) is 41.3. The zero-order chi connectivity index (χ0) is 89.3. The smallest absolute Gasteiger partial charge is 0.201 e. The standard InChI is InChI=1S/3C31H34N.C28H28N/c1-19-9-11-23-22(15-19)10-12-26-29(23)25-18-24(28-16-20(2)13-14-32(28)8)21(3)17-27(25)31(6,7)30(26,4)5;1-19-9-11-23-22(15-19)10-12-24-26-18-25(28-16-20(2)13-14-32(28)8)21(3)17-27(26)30(4,5)31(6,7)29(23)24;1-19-15-16-32(8)26(17-19)27-20(2)13-14-24-25-18-21(3)22-11-9-10-12-23(22)28(25)30(4,5)31(6,7)29(24)27;1-17-6-9-22-21(14-17)8-11-24-23(22)12-13-26-25(24)10-7-18(2)28(26)27-15-19(3)20(4)16-29(27)5/h3*9-18H,1-8H3;6-11,14-16H,12-13H2,1-5H3/q4*+1. The normalized spacial score (nSPS) is 15.2. The second-order valence-electron chi connectivity index (χ2n) is 41.3. The lowest BCUT2D eigenvalue weighted by Crippen LogP contribution is -2.45. The van der Waals surface area contributed by atoms with Crippen LogP contribution in [-0.2, 0) is 73.5 Å². The maximum absolute atomic E-state index is 2.47. The van der Waals surface area contributed by atoms with Crippen LogP contribution in [0, 0.1) is 90.0 Å². The van der Waals surface area contributed by atoms with E-state index in [9.17, 15) is 0 Å². The van der Waals surface area contributed by atoms with Gasteiger partial charge in [-0.2, -0.15) is 0 Å². The molecule has 0 saturated heterocycles. The molecular formula is C121H130N4+4. The first-order valence-electron chi connectivity index (χ1n) is 45.6. The van der Waals surface area contributed by atoms with Gasteiger partial charge in [-0.1, -0.05) is 258 Å². The summed E-state index contributed by atoms with van der Waals surface area (Å²) in [5.74, 6) is 0. The van der Waals surface area contributed by atoms with Crippen LogP contribution in [0.15, 0.2) is 237 Å². The van der Waals surface area contributed by atoms with E-state index >= 15 is 0 Å². The molecule has 125 heavy (non-hydrogen) atoms. The Morgan fingerprint density at radius 3 is 1.22 bits per heavy atom. The number of fused-ring (bicyclic) bond motifs is 20. The van der Waals surface area contributed by atoms with Crippen molar-refractivity contribution in [1.29, 1.82) is 0 Å². The van der Waals surface area contributed by atoms with Gasteiger partial charge in [0.25, 0.3) is 0 Å². The average Bonchev–Trinajstić information content (AvgIpc) is 0.701. The molecule has 0 amide bonds. The van der Waals surface area contributed by atoms with Gasteiger partial charge in [-0.25, -0.2) is 18.3 Å². The molecule has 4 aliphatic carbocycles. The van der Waals surface area contributed by atoms with Gasteiger partial charge in [0.1, 0.15) is 28.2 Å². The van der Waals surface area contributed by atoms with E-state index in [1.54, 1.807) is 0 Å². The summed E-state index contributed by atoms with van der Waals surface area (Å²) >= 11 is 0. The Labute approximate surface area is 746 Å². The van der Waals surface area contributed by atoms with Crippen LogP contribution in [0.2, 0.25) is 0 Å². The lowest BCUT2D eigenvalue weighted by Gasteiger charge is -2.49. The summed E-state index contributed by atoms with van der Waals surface area (Å²) in [5, 5.41) is 11.0. The average molecular weight is 1640 g/mol. The molecule has 0 atom stereocenters. The van der Waals surface area contributed by atoms with Crippen molar-refractivity contribution >= 4 is 43.1 Å². The van der Waals surface area contributed by atoms with Crippen LogP contribution in [0.5, 0.6) is 0 Å². The molecule has 4 heteroatoms. The van der Waals surface area contributed by atoms with Crippen molar-refractivity contribution in [1.82, 2.24) is 0 Å². The van der Waals surface area contributed by atoms with Crippen LogP contribution in [0.25, 0.3) is 133 Å². The van der Waals surface area contributed by atoms with Crippen LogP contribution in [0.3, 0.4) is 0 Å². The van der Waals surface area contributed by atoms with E-state index in [1.165, 1.54) is 249 Å². The van der Waals surface area contributed by atoms with E-state index < -0.39 is 0 Å². The molecule has 16 aromatic rings. The third-order valence-corrected chi connectivity index (χ3v) is 31.6. The van der Waals surface area contributed by atoms with Crippen molar-refractivity contribution < 1.29 is 18.3 Å². The molecule has 4 aliphatic rings. The Morgan fingerprint density at radius 1 is 0.216 bits per heavy atom. The molecule has 4 heterocycles. The first-order valence-corrected chi connectivity index (χ1v) is 45.6. The summed E-state index contributed by atoms with van der Waals surface area (Å²) in [5.41, 5.74) is 50.9. The summed E-state index contributed by atoms with van der Waals surface area (Å²) in [6, 6.07) is 81.1. The number of aromatic nitrogens is 4. The zero-order valence-corrected chi connectivity index (χ0v) is 80.2. The Balaban J connectivity index is 0.000000118. The quantitative estimate of drug-likeness (QED) is 0.156. The summed E-state index contributed by atoms with van der Waals surface area (Å²) in [6.45, 7) is 57.9. The van der Waals surface area contributed by atoms with E-state index in [0.29, 0.717) is 0 Å². The molecule has 630 valence electrons. The minimum absolute atomic E-state index is 0.00601. The van der Waals surface area contributed by atoms with Crippen molar-refractivity contribution in [3.8, 4) is 89.5 Å². The molecular weight excluding hydrogens is 1510 g/mol. The SMILES string of the molecule is Cc1cc[n+](C)c(-c2c(C)ccc3c2C(C)(C)C(C)(C)c2c-3cc(C)c3ccccc23)c1.Cc1cc[n+](C)c(-c2cc3c(cc2C)C(C)(C)C(C)(C)c2c-3ccc3cc(C)ccc23)c1.Cc1cc[n+](C)c(-c2cc3c(cc2C)C(C)(C)C(C)(C)c2ccc4cc(C)ccc4c2-3)c1.Cc1ccc2c3c(ccc2c1)-c1ccc(C)c(-c2cc(C)c(C)c[n+]2C)c1CC3. The summed E-state index contributed by atoms with van der Waals surface area (Å²) in [7, 11) is 8.63. The number of pyridine rings is 4. The fourth-order valence-corrected chi connectivity index (χ4v) is 22.2. The molecule has 4 nitrogen and oxygen atoms in total. The van der Waals surface area contributed by atoms with E-state index in [4.69, 9.17) is 0 Å². The fourth-order valence-electron chi connectivity index (χ4n) is 22.2. The molecule has 0 saturated carbocycles. The lowest BCUT2D eigenvalue weighted by atomic mass is 9.53. The molecule has 0 N–H and O–H groups in total. The molecule has 12 aromatic carbocycles. The van der Waals surface area contributed by atoms with Gasteiger partial charge in [0.2, 0.25) is 22.8 Å². The number of nitrogens with zero attached hydrogens (tertiary/aromatic N) is 4. The fraction of sp³-hybridized carbons (Fsp3) is 0.306. The maximum atomic E-state index is 2.47. The van der Waals surface area contributed by atoms with Crippen LogP contribution in [0.1, 0.15) is 200 Å². The summed E-state index contributed by atoms with van der Waals surface area (Å²) in [6.07, 6.45) is 11.0. The first-order chi connectivity index (χ1) is 59.0. The molecule has 0 radical (unpaired) electrons. The van der Waals surface area contributed by atoms with Crippen molar-refractivity contribution in [2.45, 2.75) is 218 Å². The largest absolute Gasteiger partial charge is 0.213 e. The van der Waals surface area contributed by atoms with Gasteiger partial charge >= 0.3 is 0 Å². The van der Waals surface area contributed by atoms with Crippen molar-refractivity contribution in [3.05, 3.63) is 354 Å². The number of benzene rings is 12. The van der Waals surface area contributed by atoms with E-state index in [2.05, 4.69) is 457 Å². The molecule has 0 fully saturated rings. The Bertz CT molecular complexity index is 7220. The predicted octanol–water partition coefficient (Wildman–Crippen LogP) is 28.8. The van der Waals surface area contributed by atoms with Gasteiger partial charge < -0.3 is 0 Å². The molecule has 0 bridgehead atoms. The maximum Gasteiger partial charge on any atom is 0.213 e. The minimum atomic E-state index is -0.0501. The van der Waals surface area contributed by atoms with Gasteiger partial charge in [0.15, 0.2) is 24.8 Å². The van der Waals surface area contributed by atoms with Crippen molar-refractivity contribution in [2.75, 3.05) is 0 Å². The van der Waals surface area contributed by atoms with E-state index in [0.717, 1.165) is 12.8 Å². The summed E-state index contributed by atoms with van der Waals surface area (Å²) in [4.78, 5) is 0. The molecule has 0 aliphatic heterocycles. The minimum Gasteiger partial charge on any atom is -0.201 e. The van der Waals surface area contributed by atoms with Gasteiger partial charge in [-0.15, -0.1) is 0 Å². The van der Waals surface area contributed by atoms with Gasteiger partial charge in [0, 0.05) is 75.4 Å². The van der Waals surface area contributed by atoms with Crippen molar-refractivity contribution in [3.63, 3.8) is 0 Å². The van der Waals surface area contributed by atoms with E-state index in [1.807, 2.05) is 0 Å². The van der Waals surface area contributed by atoms with E-state index in [-0.39, 0.29) is 32.5 Å². The molecule has 0 spiro atoms. The third-order valence-electron chi connectivity index (χ3n) is 31.6. The molecule has 4 aromatic heterocycles. The molecule has 20 rings (SSSR count). The predicted molar refractivity (Wildman–Crippen MR) is 531 cm³/mol. The van der Waals surface area contributed by atoms with Gasteiger partial charge in [-0.05, 0) is 313 Å². The number of hydrogen-bond donors (Lipinski definition) is 0. The first kappa shape index (κ1) is 85.4.